The Morgan fingerprint density at radius 3 is 2.57 bits per heavy atom. The molecule has 1 heterocycles. The van der Waals surface area contributed by atoms with Crippen molar-refractivity contribution in [3.05, 3.63) is 83.4 Å². The molecular formula is C23H19N3O3S. The lowest BCUT2D eigenvalue weighted by Crippen LogP contribution is -2.36. The molecule has 30 heavy (non-hydrogen) atoms. The predicted molar refractivity (Wildman–Crippen MR) is 114 cm³/mol. The molecule has 0 saturated heterocycles. The molecule has 0 bridgehead atoms. The van der Waals surface area contributed by atoms with Gasteiger partial charge in [0.25, 0.3) is 10.0 Å². The Morgan fingerprint density at radius 2 is 1.80 bits per heavy atom. The number of aryl methyl sites for hydroxylation is 1. The summed E-state index contributed by atoms with van der Waals surface area (Å²) >= 11 is 0. The second-order valence-electron chi connectivity index (χ2n) is 7.05. The van der Waals surface area contributed by atoms with Crippen LogP contribution in [0.1, 0.15) is 27.9 Å². The van der Waals surface area contributed by atoms with Gasteiger partial charge in [0.1, 0.15) is 0 Å². The lowest BCUT2D eigenvalue weighted by molar-refractivity contribution is 0.100. The molecule has 0 aromatic heterocycles. The summed E-state index contributed by atoms with van der Waals surface area (Å²) in [5.74, 6) is -0.733. The summed E-state index contributed by atoms with van der Waals surface area (Å²) in [6.07, 6.45) is 1.51. The minimum absolute atomic E-state index is 0.00871. The highest BCUT2D eigenvalue weighted by Crippen LogP contribution is 2.37. The second-order valence-corrected chi connectivity index (χ2v) is 8.88. The molecule has 1 aliphatic rings. The minimum atomic E-state index is -3.99. The van der Waals surface area contributed by atoms with Crippen LogP contribution >= 0.6 is 0 Å². The van der Waals surface area contributed by atoms with Crippen molar-refractivity contribution in [2.24, 2.45) is 5.73 Å². The number of amides is 1. The number of nitriles is 1. The van der Waals surface area contributed by atoms with Crippen LogP contribution in [0, 0.1) is 11.3 Å². The molecule has 3 aromatic carbocycles. The van der Waals surface area contributed by atoms with Crippen molar-refractivity contribution in [3.8, 4) is 17.2 Å². The van der Waals surface area contributed by atoms with Crippen molar-refractivity contribution >= 4 is 21.6 Å². The first-order valence-corrected chi connectivity index (χ1v) is 10.9. The van der Waals surface area contributed by atoms with Crippen molar-refractivity contribution in [1.82, 2.24) is 0 Å². The number of carbonyl (C=O) groups is 1. The quantitative estimate of drug-likeness (QED) is 0.702. The molecule has 0 saturated carbocycles. The minimum Gasteiger partial charge on any atom is -0.366 e. The Morgan fingerprint density at radius 1 is 1.03 bits per heavy atom. The summed E-state index contributed by atoms with van der Waals surface area (Å²) in [7, 11) is -3.99. The molecule has 2 N–H and O–H groups in total. The van der Waals surface area contributed by atoms with Crippen molar-refractivity contribution in [3.63, 3.8) is 0 Å². The maximum absolute atomic E-state index is 13.8. The van der Waals surface area contributed by atoms with Gasteiger partial charge >= 0.3 is 0 Å². The molecular weight excluding hydrogens is 398 g/mol. The van der Waals surface area contributed by atoms with Crippen LogP contribution in [0.25, 0.3) is 11.1 Å². The van der Waals surface area contributed by atoms with Crippen LogP contribution in [0.15, 0.2) is 71.6 Å². The summed E-state index contributed by atoms with van der Waals surface area (Å²) in [6.45, 7) is 0.345. The van der Waals surface area contributed by atoms with Crippen LogP contribution in [0.3, 0.4) is 0 Å². The fourth-order valence-corrected chi connectivity index (χ4v) is 5.64. The van der Waals surface area contributed by atoms with E-state index in [2.05, 4.69) is 0 Å². The number of rotatable bonds is 4. The average molecular weight is 417 g/mol. The van der Waals surface area contributed by atoms with Gasteiger partial charge in [0.2, 0.25) is 5.91 Å². The number of primary amides is 1. The fraction of sp³-hybridized carbons (Fsp3) is 0.130. The summed E-state index contributed by atoms with van der Waals surface area (Å²) in [5.41, 5.74) is 8.30. The number of sulfonamides is 1. The SMILES string of the molecule is N#Cc1cccc(-c2c(C(N)=O)cccc2S(=O)(=O)N2CCCc3ccccc32)c1. The normalized spacial score (nSPS) is 13.4. The molecule has 150 valence electrons. The third-order valence-corrected chi connectivity index (χ3v) is 7.06. The van der Waals surface area contributed by atoms with Gasteiger partial charge in [-0.2, -0.15) is 5.26 Å². The molecule has 0 aliphatic carbocycles. The number of hydrogen-bond acceptors (Lipinski definition) is 4. The smallest absolute Gasteiger partial charge is 0.264 e. The topological polar surface area (TPSA) is 104 Å². The molecule has 0 spiro atoms. The average Bonchev–Trinajstić information content (AvgIpc) is 2.78. The first-order valence-electron chi connectivity index (χ1n) is 9.47. The van der Waals surface area contributed by atoms with E-state index in [0.717, 1.165) is 12.0 Å². The summed E-state index contributed by atoms with van der Waals surface area (Å²) in [5, 5.41) is 9.26. The van der Waals surface area contributed by atoms with Crippen LogP contribution in [-0.2, 0) is 16.4 Å². The first kappa shape index (κ1) is 19.7. The zero-order chi connectivity index (χ0) is 21.3. The van der Waals surface area contributed by atoms with E-state index in [-0.39, 0.29) is 16.0 Å². The van der Waals surface area contributed by atoms with Gasteiger partial charge in [-0.3, -0.25) is 9.10 Å². The number of para-hydroxylation sites is 1. The number of fused-ring (bicyclic) bond motifs is 1. The standard InChI is InChI=1S/C23H19N3O3S/c24-15-16-6-3-8-18(14-16)22-19(23(25)27)10-4-12-21(22)30(28,29)26-13-5-9-17-7-1-2-11-20(17)26/h1-4,6-8,10-12,14H,5,9,13H2,(H2,25,27). The third kappa shape index (κ3) is 3.31. The molecule has 7 heteroatoms. The van der Waals surface area contributed by atoms with Crippen LogP contribution in [-0.4, -0.2) is 20.9 Å². The highest BCUT2D eigenvalue weighted by molar-refractivity contribution is 7.93. The molecule has 3 aromatic rings. The van der Waals surface area contributed by atoms with Crippen LogP contribution in [0.4, 0.5) is 5.69 Å². The Hall–Kier alpha value is -3.63. The highest BCUT2D eigenvalue weighted by Gasteiger charge is 2.32. The number of hydrogen-bond donors (Lipinski definition) is 1. The molecule has 0 fully saturated rings. The molecule has 6 nitrogen and oxygen atoms in total. The lowest BCUT2D eigenvalue weighted by atomic mass is 9.98. The van der Waals surface area contributed by atoms with Gasteiger partial charge in [0, 0.05) is 17.7 Å². The van der Waals surface area contributed by atoms with E-state index >= 15 is 0 Å². The van der Waals surface area contributed by atoms with Gasteiger partial charge in [0.05, 0.1) is 22.2 Å². The summed E-state index contributed by atoms with van der Waals surface area (Å²) in [4.78, 5) is 12.1. The molecule has 0 radical (unpaired) electrons. The maximum atomic E-state index is 13.8. The Balaban J connectivity index is 1.97. The van der Waals surface area contributed by atoms with Gasteiger partial charge in [-0.25, -0.2) is 8.42 Å². The van der Waals surface area contributed by atoms with E-state index in [1.54, 1.807) is 30.3 Å². The van der Waals surface area contributed by atoms with Crippen molar-refractivity contribution in [1.29, 1.82) is 5.26 Å². The summed E-state index contributed by atoms with van der Waals surface area (Å²) < 4.78 is 29.0. The van der Waals surface area contributed by atoms with E-state index in [1.807, 2.05) is 24.3 Å². The number of benzene rings is 3. The van der Waals surface area contributed by atoms with E-state index in [4.69, 9.17) is 5.73 Å². The molecule has 1 aliphatic heterocycles. The lowest BCUT2D eigenvalue weighted by Gasteiger charge is -2.31. The fourth-order valence-electron chi connectivity index (χ4n) is 3.86. The van der Waals surface area contributed by atoms with Crippen molar-refractivity contribution < 1.29 is 13.2 Å². The van der Waals surface area contributed by atoms with E-state index in [0.29, 0.717) is 29.8 Å². The largest absolute Gasteiger partial charge is 0.366 e. The zero-order valence-electron chi connectivity index (χ0n) is 16.1. The maximum Gasteiger partial charge on any atom is 0.264 e. The summed E-state index contributed by atoms with van der Waals surface area (Å²) in [6, 6.07) is 20.5. The van der Waals surface area contributed by atoms with Crippen LogP contribution < -0.4 is 10.0 Å². The third-order valence-electron chi connectivity index (χ3n) is 5.21. The van der Waals surface area contributed by atoms with Gasteiger partial charge in [-0.15, -0.1) is 0 Å². The molecule has 1 amide bonds. The Labute approximate surface area is 175 Å². The van der Waals surface area contributed by atoms with Crippen LogP contribution in [0.2, 0.25) is 0 Å². The van der Waals surface area contributed by atoms with Gasteiger partial charge < -0.3 is 5.73 Å². The number of carbonyl (C=O) groups excluding carboxylic acids is 1. The predicted octanol–water partition coefficient (Wildman–Crippen LogP) is 3.47. The van der Waals surface area contributed by atoms with E-state index in [9.17, 15) is 18.5 Å². The molecule has 4 rings (SSSR count). The second kappa shape index (κ2) is 7.65. The van der Waals surface area contributed by atoms with Crippen molar-refractivity contribution in [2.45, 2.75) is 17.7 Å². The van der Waals surface area contributed by atoms with Gasteiger partial charge in [-0.1, -0.05) is 36.4 Å². The number of nitrogens with zero attached hydrogens (tertiary/aromatic N) is 2. The van der Waals surface area contributed by atoms with E-state index < -0.39 is 15.9 Å². The Kier molecular flexibility index (Phi) is 5.02. The van der Waals surface area contributed by atoms with Gasteiger partial charge in [-0.05, 0) is 54.3 Å². The Bertz CT molecular complexity index is 1290. The monoisotopic (exact) mass is 417 g/mol. The first-order chi connectivity index (χ1) is 14.4. The van der Waals surface area contributed by atoms with Crippen molar-refractivity contribution in [2.75, 3.05) is 10.8 Å². The zero-order valence-corrected chi connectivity index (χ0v) is 16.9. The highest BCUT2D eigenvalue weighted by atomic mass is 32.2. The number of nitrogens with two attached hydrogens (primary N) is 1. The van der Waals surface area contributed by atoms with E-state index in [1.165, 1.54) is 22.5 Å². The van der Waals surface area contributed by atoms with Gasteiger partial charge in [0.15, 0.2) is 0 Å². The number of anilines is 1. The molecule has 0 unspecified atom stereocenters. The van der Waals surface area contributed by atoms with Crippen LogP contribution in [0.5, 0.6) is 0 Å². The molecule has 0 atom stereocenters.